The van der Waals surface area contributed by atoms with Crippen LogP contribution in [-0.4, -0.2) is 50.7 Å². The molecular weight excluding hydrogens is 352 g/mol. The number of benzene rings is 1. The highest BCUT2D eigenvalue weighted by Gasteiger charge is 2.25. The number of rotatable bonds is 5. The average molecular weight is 370 g/mol. The highest BCUT2D eigenvalue weighted by atomic mass is 32.2. The minimum Gasteiger partial charge on any atom is -0.472 e. The number of hydrogen-bond donors (Lipinski definition) is 0. The molecule has 1 saturated heterocycles. The predicted molar refractivity (Wildman–Crippen MR) is 97.0 cm³/mol. The first kappa shape index (κ1) is 16.8. The van der Waals surface area contributed by atoms with Gasteiger partial charge >= 0.3 is 0 Å². The van der Waals surface area contributed by atoms with Crippen molar-refractivity contribution in [1.29, 1.82) is 0 Å². The fraction of sp³-hybridized carbons (Fsp3) is 0.333. The monoisotopic (exact) mass is 370 g/mol. The maximum absolute atomic E-state index is 12.5. The Kier molecular flexibility index (Phi) is 5.01. The van der Waals surface area contributed by atoms with Crippen LogP contribution in [0.3, 0.4) is 0 Å². The number of hydrogen-bond acceptors (Lipinski definition) is 7. The first-order valence-electron chi connectivity index (χ1n) is 8.47. The molecular formula is C18H18N4O3S. The summed E-state index contributed by atoms with van der Waals surface area (Å²) in [6.45, 7) is 1.31. The third-order valence-electron chi connectivity index (χ3n) is 4.17. The molecule has 26 heavy (non-hydrogen) atoms. The van der Waals surface area contributed by atoms with Crippen molar-refractivity contribution in [3.8, 4) is 5.88 Å². The van der Waals surface area contributed by atoms with Gasteiger partial charge in [0.1, 0.15) is 17.9 Å². The Labute approximate surface area is 154 Å². The fourth-order valence-electron chi connectivity index (χ4n) is 2.91. The van der Waals surface area contributed by atoms with Gasteiger partial charge in [0.05, 0.1) is 12.3 Å². The molecule has 8 heteroatoms. The van der Waals surface area contributed by atoms with Crippen LogP contribution in [0.15, 0.2) is 52.5 Å². The molecule has 7 nitrogen and oxygen atoms in total. The number of aromatic nitrogens is 3. The van der Waals surface area contributed by atoms with Crippen molar-refractivity contribution in [2.45, 2.75) is 24.2 Å². The molecule has 4 rings (SSSR count). The topological polar surface area (TPSA) is 81.4 Å². The summed E-state index contributed by atoms with van der Waals surface area (Å²) in [5, 5.41) is 0.519. The number of piperidine rings is 1. The minimum absolute atomic E-state index is 0.0445. The first-order valence-corrected chi connectivity index (χ1v) is 9.45. The van der Waals surface area contributed by atoms with Gasteiger partial charge in [0, 0.05) is 18.8 Å². The van der Waals surface area contributed by atoms with Crippen molar-refractivity contribution in [2.75, 3.05) is 18.8 Å². The van der Waals surface area contributed by atoms with Crippen LogP contribution in [0.2, 0.25) is 0 Å². The van der Waals surface area contributed by atoms with E-state index in [9.17, 15) is 4.79 Å². The molecule has 0 bridgehead atoms. The van der Waals surface area contributed by atoms with Gasteiger partial charge in [0.2, 0.25) is 11.8 Å². The molecule has 1 aromatic carbocycles. The quantitative estimate of drug-likeness (QED) is 0.639. The van der Waals surface area contributed by atoms with Gasteiger partial charge in [-0.25, -0.2) is 15.0 Å². The smallest absolute Gasteiger partial charge is 0.257 e. The Bertz CT molecular complexity index is 853. The lowest BCUT2D eigenvalue weighted by molar-refractivity contribution is -0.131. The molecule has 0 saturated carbocycles. The Hall–Kier alpha value is -2.61. The average Bonchev–Trinajstić information content (AvgIpc) is 3.10. The second-order valence-electron chi connectivity index (χ2n) is 6.01. The van der Waals surface area contributed by atoms with Gasteiger partial charge in [0.25, 0.3) is 5.22 Å². The molecule has 3 heterocycles. The van der Waals surface area contributed by atoms with Crippen molar-refractivity contribution in [2.24, 2.45) is 0 Å². The maximum atomic E-state index is 12.5. The molecule has 1 fully saturated rings. The Morgan fingerprint density at radius 1 is 1.35 bits per heavy atom. The van der Waals surface area contributed by atoms with Crippen LogP contribution in [0, 0.1) is 0 Å². The number of oxazole rings is 1. The summed E-state index contributed by atoms with van der Waals surface area (Å²) in [5.74, 6) is 0.904. The number of amides is 1. The van der Waals surface area contributed by atoms with Gasteiger partial charge in [-0.3, -0.25) is 4.79 Å². The van der Waals surface area contributed by atoms with E-state index in [0.29, 0.717) is 23.4 Å². The standard InChI is InChI=1S/C18H18N4O3S/c23-17(11-26-18-21-14-5-1-2-6-15(14)25-18)22-9-3-4-13(10-22)24-16-7-8-19-12-20-16/h1-2,5-8,12-13H,3-4,9-11H2/t13-/m1/s1. The Morgan fingerprint density at radius 2 is 2.27 bits per heavy atom. The molecule has 0 N–H and O–H groups in total. The van der Waals surface area contributed by atoms with E-state index in [0.717, 1.165) is 30.5 Å². The number of nitrogens with zero attached hydrogens (tertiary/aromatic N) is 4. The fourth-order valence-corrected chi connectivity index (χ4v) is 3.65. The first-order chi connectivity index (χ1) is 12.8. The zero-order valence-electron chi connectivity index (χ0n) is 14.1. The summed E-state index contributed by atoms with van der Waals surface area (Å²) in [6.07, 6.45) is 4.88. The van der Waals surface area contributed by atoms with Gasteiger partial charge in [-0.05, 0) is 25.0 Å². The molecule has 1 atom stereocenters. The molecule has 2 aromatic heterocycles. The summed E-state index contributed by atoms with van der Waals surface area (Å²) in [4.78, 5) is 26.7. The molecule has 0 unspecified atom stereocenters. The summed E-state index contributed by atoms with van der Waals surface area (Å²) < 4.78 is 11.5. The van der Waals surface area contributed by atoms with Crippen LogP contribution in [0.4, 0.5) is 0 Å². The lowest BCUT2D eigenvalue weighted by Crippen LogP contribution is -2.45. The van der Waals surface area contributed by atoms with E-state index in [1.165, 1.54) is 18.1 Å². The lowest BCUT2D eigenvalue weighted by Gasteiger charge is -2.32. The molecule has 1 amide bonds. The van der Waals surface area contributed by atoms with E-state index in [4.69, 9.17) is 9.15 Å². The van der Waals surface area contributed by atoms with E-state index in [1.807, 2.05) is 29.2 Å². The van der Waals surface area contributed by atoms with Gasteiger partial charge in [0.15, 0.2) is 5.58 Å². The highest BCUT2D eigenvalue weighted by molar-refractivity contribution is 7.99. The Balaban J connectivity index is 1.32. The maximum Gasteiger partial charge on any atom is 0.257 e. The lowest BCUT2D eigenvalue weighted by atomic mass is 10.1. The second kappa shape index (κ2) is 7.74. The zero-order chi connectivity index (χ0) is 17.8. The van der Waals surface area contributed by atoms with Crippen LogP contribution >= 0.6 is 11.8 Å². The van der Waals surface area contributed by atoms with Gasteiger partial charge in [-0.15, -0.1) is 0 Å². The molecule has 3 aromatic rings. The summed E-state index contributed by atoms with van der Waals surface area (Å²) >= 11 is 1.32. The van der Waals surface area contributed by atoms with Crippen molar-refractivity contribution in [1.82, 2.24) is 19.9 Å². The molecule has 0 radical (unpaired) electrons. The van der Waals surface area contributed by atoms with Gasteiger partial charge in [-0.1, -0.05) is 23.9 Å². The number of likely N-dealkylation sites (tertiary alicyclic amines) is 1. The molecule has 0 spiro atoms. The van der Waals surface area contributed by atoms with Crippen LogP contribution in [0.25, 0.3) is 11.1 Å². The van der Waals surface area contributed by atoms with Crippen molar-refractivity contribution in [3.63, 3.8) is 0 Å². The van der Waals surface area contributed by atoms with Crippen molar-refractivity contribution in [3.05, 3.63) is 42.9 Å². The Morgan fingerprint density at radius 3 is 3.12 bits per heavy atom. The van der Waals surface area contributed by atoms with Crippen LogP contribution in [0.5, 0.6) is 5.88 Å². The van der Waals surface area contributed by atoms with E-state index >= 15 is 0 Å². The molecule has 1 aliphatic rings. The van der Waals surface area contributed by atoms with Crippen LogP contribution < -0.4 is 4.74 Å². The third kappa shape index (κ3) is 3.96. The SMILES string of the molecule is O=C(CSc1nc2ccccc2o1)N1CCC[C@@H](Oc2ccncn2)C1. The largest absolute Gasteiger partial charge is 0.472 e. The zero-order valence-corrected chi connectivity index (χ0v) is 14.9. The summed E-state index contributed by atoms with van der Waals surface area (Å²) in [6, 6.07) is 9.30. The van der Waals surface area contributed by atoms with E-state index in [1.54, 1.807) is 12.3 Å². The number of carbonyl (C=O) groups is 1. The molecule has 1 aliphatic heterocycles. The summed E-state index contributed by atoms with van der Waals surface area (Å²) in [5.41, 5.74) is 1.54. The van der Waals surface area contributed by atoms with Crippen molar-refractivity contribution >= 4 is 28.8 Å². The highest BCUT2D eigenvalue weighted by Crippen LogP contribution is 2.24. The molecule has 134 valence electrons. The van der Waals surface area contributed by atoms with E-state index < -0.39 is 0 Å². The molecule has 0 aliphatic carbocycles. The van der Waals surface area contributed by atoms with Crippen molar-refractivity contribution < 1.29 is 13.9 Å². The van der Waals surface area contributed by atoms with Gasteiger partial charge in [-0.2, -0.15) is 0 Å². The predicted octanol–water partition coefficient (Wildman–Crippen LogP) is 2.78. The van der Waals surface area contributed by atoms with Gasteiger partial charge < -0.3 is 14.1 Å². The van der Waals surface area contributed by atoms with Crippen LogP contribution in [0.1, 0.15) is 12.8 Å². The number of fused-ring (bicyclic) bond motifs is 1. The third-order valence-corrected chi connectivity index (χ3v) is 4.98. The minimum atomic E-state index is -0.0445. The number of thioether (sulfide) groups is 1. The summed E-state index contributed by atoms with van der Waals surface area (Å²) in [7, 11) is 0. The normalized spacial score (nSPS) is 17.4. The second-order valence-corrected chi connectivity index (χ2v) is 6.93. The van der Waals surface area contributed by atoms with Crippen LogP contribution in [-0.2, 0) is 4.79 Å². The number of para-hydroxylation sites is 2. The van der Waals surface area contributed by atoms with E-state index in [-0.39, 0.29) is 12.0 Å². The van der Waals surface area contributed by atoms with E-state index in [2.05, 4.69) is 15.0 Å². The number of ether oxygens (including phenoxy) is 1. The number of carbonyl (C=O) groups excluding carboxylic acids is 1.